The van der Waals surface area contributed by atoms with Gasteiger partial charge in [-0.3, -0.25) is 14.4 Å². The smallest absolute Gasteiger partial charge is 0.341 e. The molecular formula is C43H42N4O5S2. The number of fused-ring (bicyclic) bond motifs is 1. The summed E-state index contributed by atoms with van der Waals surface area (Å²) in [4.78, 5) is 57.2. The number of thioether (sulfide) groups is 1. The zero-order valence-corrected chi connectivity index (χ0v) is 32.2. The number of esters is 1. The molecule has 54 heavy (non-hydrogen) atoms. The highest BCUT2D eigenvalue weighted by atomic mass is 32.2. The van der Waals surface area contributed by atoms with E-state index in [4.69, 9.17) is 4.74 Å². The fourth-order valence-corrected chi connectivity index (χ4v) is 8.54. The number of thiophene rings is 1. The zero-order valence-electron chi connectivity index (χ0n) is 30.6. The van der Waals surface area contributed by atoms with Crippen LogP contribution in [0.2, 0.25) is 0 Å². The van der Waals surface area contributed by atoms with Crippen LogP contribution in [-0.2, 0) is 27.2 Å². The maximum absolute atomic E-state index is 13.7. The van der Waals surface area contributed by atoms with Crippen LogP contribution < -0.4 is 20.9 Å². The molecule has 0 bridgehead atoms. The van der Waals surface area contributed by atoms with E-state index in [0.717, 1.165) is 45.8 Å². The highest BCUT2D eigenvalue weighted by molar-refractivity contribution is 8.00. The molecule has 1 aliphatic rings. The number of ether oxygens (including phenoxy) is 1. The molecule has 1 heterocycles. The summed E-state index contributed by atoms with van der Waals surface area (Å²) in [6, 6.07) is 33.9. The Bertz CT molecular complexity index is 2170. The minimum absolute atomic E-state index is 0.0717. The second-order valence-electron chi connectivity index (χ2n) is 13.1. The number of nitrogens with zero attached hydrogens (tertiary/aromatic N) is 1. The van der Waals surface area contributed by atoms with Crippen LogP contribution in [0.3, 0.4) is 0 Å². The Labute approximate surface area is 323 Å². The van der Waals surface area contributed by atoms with Gasteiger partial charge >= 0.3 is 5.97 Å². The normalized spacial score (nSPS) is 14.3. The van der Waals surface area contributed by atoms with E-state index < -0.39 is 23.0 Å². The minimum Gasteiger partial charge on any atom is -0.465 e. The maximum Gasteiger partial charge on any atom is 0.341 e. The van der Waals surface area contributed by atoms with Gasteiger partial charge in [-0.05, 0) is 97.3 Å². The van der Waals surface area contributed by atoms with E-state index in [2.05, 4.69) is 28.1 Å². The Morgan fingerprint density at radius 3 is 2.28 bits per heavy atom. The predicted molar refractivity (Wildman–Crippen MR) is 219 cm³/mol. The van der Waals surface area contributed by atoms with Gasteiger partial charge in [-0.15, -0.1) is 23.1 Å². The van der Waals surface area contributed by atoms with E-state index in [1.807, 2.05) is 73.6 Å². The number of nitrogens with one attached hydrogen (secondary N) is 3. The summed E-state index contributed by atoms with van der Waals surface area (Å²) < 4.78 is 5.15. The molecule has 1 aliphatic carbocycles. The molecule has 276 valence electrons. The second kappa shape index (κ2) is 17.5. The number of carbonyl (C=O) groups is 4. The Hall–Kier alpha value is -5.65. The first-order valence-corrected chi connectivity index (χ1v) is 19.3. The molecule has 6 rings (SSSR count). The summed E-state index contributed by atoms with van der Waals surface area (Å²) in [6.45, 7) is 1.80. The number of anilines is 3. The molecule has 0 saturated heterocycles. The van der Waals surface area contributed by atoms with Gasteiger partial charge in [0.25, 0.3) is 11.8 Å². The first-order chi connectivity index (χ1) is 26.1. The lowest BCUT2D eigenvalue weighted by Crippen LogP contribution is -2.30. The molecule has 2 atom stereocenters. The van der Waals surface area contributed by atoms with Crippen LogP contribution in [0.4, 0.5) is 16.4 Å². The van der Waals surface area contributed by atoms with E-state index in [0.29, 0.717) is 27.7 Å². The summed E-state index contributed by atoms with van der Waals surface area (Å²) in [7, 11) is 5.25. The van der Waals surface area contributed by atoms with E-state index in [9.17, 15) is 19.2 Å². The van der Waals surface area contributed by atoms with Gasteiger partial charge in [0.05, 0.1) is 17.9 Å². The highest BCUT2D eigenvalue weighted by Crippen LogP contribution is 2.43. The molecule has 3 N–H and O–H groups in total. The number of rotatable bonds is 12. The number of hydrogen-bond acceptors (Lipinski definition) is 8. The van der Waals surface area contributed by atoms with E-state index in [1.165, 1.54) is 35.8 Å². The van der Waals surface area contributed by atoms with E-state index in [-0.39, 0.29) is 11.6 Å². The third-order valence-corrected chi connectivity index (χ3v) is 11.4. The fourth-order valence-electron chi connectivity index (χ4n) is 6.30. The first kappa shape index (κ1) is 38.1. The third kappa shape index (κ3) is 9.28. The van der Waals surface area contributed by atoms with Crippen LogP contribution in [0.15, 0.2) is 120 Å². The third-order valence-electron chi connectivity index (χ3n) is 9.19. The predicted octanol–water partition coefficient (Wildman–Crippen LogP) is 8.40. The van der Waals surface area contributed by atoms with E-state index in [1.54, 1.807) is 55.5 Å². The molecule has 0 spiro atoms. The SMILES string of the molecule is COC(=O)c1c(NC(=O)C(C)Sc2cccc(NC(=O)/C(=C\c3ccc(N(C)C)cc3)NC(=O)c3ccccc3)c2)sc2c1CCC(c1ccccc1)C2. The molecule has 0 aliphatic heterocycles. The molecule has 0 saturated carbocycles. The summed E-state index contributed by atoms with van der Waals surface area (Å²) in [6.07, 6.45) is 4.06. The quantitative estimate of drug-likeness (QED) is 0.0665. The van der Waals surface area contributed by atoms with Crippen LogP contribution in [-0.4, -0.2) is 50.1 Å². The molecule has 9 nitrogen and oxygen atoms in total. The van der Waals surface area contributed by atoms with Crippen LogP contribution in [0.5, 0.6) is 0 Å². The van der Waals surface area contributed by atoms with Crippen molar-refractivity contribution in [2.24, 2.45) is 0 Å². The summed E-state index contributed by atoms with van der Waals surface area (Å²) in [5.74, 6) is -1.29. The minimum atomic E-state index is -0.539. The molecular weight excluding hydrogens is 717 g/mol. The fraction of sp³-hybridized carbons (Fsp3) is 0.209. The lowest BCUT2D eigenvalue weighted by Gasteiger charge is -2.22. The van der Waals surface area contributed by atoms with Gasteiger partial charge in [0, 0.05) is 40.8 Å². The standard InChI is InChI=1S/C43H42N4O5S2/c1-27(39(48)46-42-38(43(51)52-4)35-23-20-31(25-37(35)54-42)29-12-7-5-8-13-29)53-34-17-11-16-32(26-34)44-41(50)36(45-40(49)30-14-9-6-10-15-30)24-28-18-21-33(22-19-28)47(2)3/h5-19,21-22,24,26-27,31H,20,23,25H2,1-4H3,(H,44,50)(H,45,49)(H,46,48)/b36-24+. The van der Waals surface area contributed by atoms with Gasteiger partial charge in [-0.1, -0.05) is 66.7 Å². The van der Waals surface area contributed by atoms with Gasteiger partial charge < -0.3 is 25.6 Å². The molecule has 2 unspecified atom stereocenters. The van der Waals surface area contributed by atoms with Gasteiger partial charge in [0.2, 0.25) is 5.91 Å². The average Bonchev–Trinajstić information content (AvgIpc) is 3.55. The van der Waals surface area contributed by atoms with Crippen LogP contribution in [0.25, 0.3) is 6.08 Å². The lowest BCUT2D eigenvalue weighted by molar-refractivity contribution is -0.115. The lowest BCUT2D eigenvalue weighted by atomic mass is 9.83. The molecule has 0 radical (unpaired) electrons. The topological polar surface area (TPSA) is 117 Å². The summed E-state index contributed by atoms with van der Waals surface area (Å²) in [5, 5.41) is 8.68. The molecule has 3 amide bonds. The molecule has 5 aromatic rings. The van der Waals surface area contributed by atoms with Crippen LogP contribution in [0, 0.1) is 0 Å². The Kier molecular flexibility index (Phi) is 12.3. The number of amides is 3. The van der Waals surface area contributed by atoms with Gasteiger partial charge in [0.15, 0.2) is 0 Å². The van der Waals surface area contributed by atoms with Gasteiger partial charge in [-0.25, -0.2) is 4.79 Å². The van der Waals surface area contributed by atoms with Gasteiger partial charge in [-0.2, -0.15) is 0 Å². The van der Waals surface area contributed by atoms with Crippen molar-refractivity contribution in [2.75, 3.05) is 36.7 Å². The van der Waals surface area contributed by atoms with Crippen molar-refractivity contribution in [1.82, 2.24) is 5.32 Å². The van der Waals surface area contributed by atoms with Crippen molar-refractivity contribution in [3.8, 4) is 0 Å². The zero-order chi connectivity index (χ0) is 38.2. The average molecular weight is 759 g/mol. The summed E-state index contributed by atoms with van der Waals surface area (Å²) >= 11 is 2.77. The number of methoxy groups -OCH3 is 1. The van der Waals surface area contributed by atoms with Crippen molar-refractivity contribution in [3.05, 3.63) is 148 Å². The van der Waals surface area contributed by atoms with Crippen LogP contribution >= 0.6 is 23.1 Å². The second-order valence-corrected chi connectivity index (χ2v) is 15.7. The molecule has 0 fully saturated rings. The number of carbonyl (C=O) groups excluding carboxylic acids is 4. The monoisotopic (exact) mass is 758 g/mol. The highest BCUT2D eigenvalue weighted by Gasteiger charge is 2.31. The maximum atomic E-state index is 13.7. The molecule has 11 heteroatoms. The van der Waals surface area contributed by atoms with E-state index >= 15 is 0 Å². The Balaban J connectivity index is 1.15. The van der Waals surface area contributed by atoms with Crippen molar-refractivity contribution in [2.45, 2.75) is 42.2 Å². The largest absolute Gasteiger partial charge is 0.465 e. The molecule has 1 aromatic heterocycles. The number of hydrogen-bond donors (Lipinski definition) is 3. The molecule has 4 aromatic carbocycles. The van der Waals surface area contributed by atoms with Crippen molar-refractivity contribution < 1.29 is 23.9 Å². The Morgan fingerprint density at radius 1 is 0.889 bits per heavy atom. The van der Waals surface area contributed by atoms with Crippen LogP contribution in [0.1, 0.15) is 61.5 Å². The van der Waals surface area contributed by atoms with Crippen molar-refractivity contribution >= 4 is 69.2 Å². The Morgan fingerprint density at radius 2 is 1.59 bits per heavy atom. The summed E-state index contributed by atoms with van der Waals surface area (Å²) in [5.41, 5.74) is 5.38. The van der Waals surface area contributed by atoms with Crippen molar-refractivity contribution in [1.29, 1.82) is 0 Å². The number of benzene rings is 4. The first-order valence-electron chi connectivity index (χ1n) is 17.6. The van der Waals surface area contributed by atoms with Crippen molar-refractivity contribution in [3.63, 3.8) is 0 Å². The van der Waals surface area contributed by atoms with Gasteiger partial charge in [0.1, 0.15) is 10.7 Å².